The van der Waals surface area contributed by atoms with Crippen LogP contribution < -0.4 is 10.2 Å². The van der Waals surface area contributed by atoms with Crippen LogP contribution in [0.3, 0.4) is 0 Å². The SMILES string of the molecule is CCC[N+](CCC)(CCC)CCO.CCC[N+](CCC)(CCC)CCO.O=C([O-])CC(O)C(=O)[O-]. The van der Waals surface area contributed by atoms with Crippen LogP contribution in [0.2, 0.25) is 0 Å². The highest BCUT2D eigenvalue weighted by Crippen LogP contribution is 2.11. The second-order valence-corrected chi connectivity index (χ2v) is 9.33. The van der Waals surface area contributed by atoms with Crippen molar-refractivity contribution in [3.63, 3.8) is 0 Å². The zero-order chi connectivity index (χ0) is 27.8. The van der Waals surface area contributed by atoms with E-state index >= 15 is 0 Å². The molecule has 0 fully saturated rings. The summed E-state index contributed by atoms with van der Waals surface area (Å²) in [5.41, 5.74) is 0. The maximum absolute atomic E-state index is 9.58. The fraction of sp³-hybridized carbons (Fsp3) is 0.923. The Morgan fingerprint density at radius 3 is 0.971 bits per heavy atom. The lowest BCUT2D eigenvalue weighted by Gasteiger charge is -2.38. The van der Waals surface area contributed by atoms with Crippen LogP contribution in [-0.4, -0.2) is 108 Å². The maximum Gasteiger partial charge on any atom is 0.102 e. The van der Waals surface area contributed by atoms with Crippen molar-refractivity contribution >= 4 is 11.9 Å². The Bertz CT molecular complexity index is 417. The standard InChI is InChI=1S/2C11H26NO.C4H6O5/c2*1-4-7-12(8-5-2,9-6-3)10-11-13;5-2(4(8)9)1-3(6)7/h2*13H,4-11H2,1-3H3;2,5H,1H2,(H,6,7)(H,8,9)/q2*+1;/p-2. The van der Waals surface area contributed by atoms with E-state index in [1.165, 1.54) is 77.8 Å². The number of quaternary nitrogens is 2. The van der Waals surface area contributed by atoms with Crippen molar-refractivity contribution in [1.82, 2.24) is 0 Å². The zero-order valence-electron chi connectivity index (χ0n) is 23.5. The Labute approximate surface area is 214 Å². The smallest absolute Gasteiger partial charge is 0.102 e. The van der Waals surface area contributed by atoms with Crippen LogP contribution in [0.1, 0.15) is 86.5 Å². The minimum atomic E-state index is -1.96. The van der Waals surface area contributed by atoms with Crippen molar-refractivity contribution in [2.75, 3.05) is 65.6 Å². The van der Waals surface area contributed by atoms with Crippen molar-refractivity contribution in [1.29, 1.82) is 0 Å². The molecule has 0 aliphatic heterocycles. The fourth-order valence-electron chi connectivity index (χ4n) is 4.85. The first kappa shape index (κ1) is 38.3. The van der Waals surface area contributed by atoms with Crippen LogP contribution in [0, 0.1) is 0 Å². The van der Waals surface area contributed by atoms with Gasteiger partial charge in [0.25, 0.3) is 0 Å². The molecule has 0 amide bonds. The van der Waals surface area contributed by atoms with E-state index in [0.717, 1.165) is 22.1 Å². The average molecular weight is 509 g/mol. The molecule has 0 aromatic heterocycles. The number of carboxylic acids is 2. The molecule has 0 aromatic rings. The molecule has 0 aliphatic rings. The number of hydrogen-bond donors (Lipinski definition) is 3. The van der Waals surface area contributed by atoms with Gasteiger partial charge in [0.15, 0.2) is 0 Å². The summed E-state index contributed by atoms with van der Waals surface area (Å²) in [6, 6.07) is 0. The first-order valence-electron chi connectivity index (χ1n) is 13.5. The first-order valence-corrected chi connectivity index (χ1v) is 13.5. The van der Waals surface area contributed by atoms with Gasteiger partial charge in [0.1, 0.15) is 13.1 Å². The molecule has 9 heteroatoms. The number of carboxylic acid groups (broad SMARTS) is 2. The van der Waals surface area contributed by atoms with Crippen LogP contribution in [0.5, 0.6) is 0 Å². The normalized spacial score (nSPS) is 12.1. The molecule has 0 spiro atoms. The van der Waals surface area contributed by atoms with E-state index in [9.17, 15) is 19.8 Å². The summed E-state index contributed by atoms with van der Waals surface area (Å²) < 4.78 is 2.25. The molecule has 3 N–H and O–H groups in total. The van der Waals surface area contributed by atoms with E-state index in [4.69, 9.17) is 15.3 Å². The van der Waals surface area contributed by atoms with Crippen molar-refractivity contribution in [2.45, 2.75) is 92.6 Å². The van der Waals surface area contributed by atoms with Gasteiger partial charge in [-0.3, -0.25) is 0 Å². The van der Waals surface area contributed by atoms with Crippen LogP contribution in [0.15, 0.2) is 0 Å². The van der Waals surface area contributed by atoms with Gasteiger partial charge in [0.2, 0.25) is 0 Å². The minimum absolute atomic E-state index is 0.333. The molecule has 0 saturated carbocycles. The lowest BCUT2D eigenvalue weighted by atomic mass is 10.2. The predicted octanol–water partition coefficient (Wildman–Crippen LogP) is 0.288. The molecule has 0 bridgehead atoms. The Balaban J connectivity index is -0.000000448. The van der Waals surface area contributed by atoms with E-state index < -0.39 is 24.5 Å². The molecule has 0 aliphatic carbocycles. The first-order chi connectivity index (χ1) is 16.5. The van der Waals surface area contributed by atoms with Gasteiger partial charge in [0.05, 0.1) is 64.6 Å². The highest BCUT2D eigenvalue weighted by atomic mass is 16.4. The summed E-state index contributed by atoms with van der Waals surface area (Å²) in [7, 11) is 0. The van der Waals surface area contributed by atoms with E-state index in [2.05, 4.69) is 41.5 Å². The van der Waals surface area contributed by atoms with Crippen molar-refractivity contribution in [3.8, 4) is 0 Å². The topological polar surface area (TPSA) is 141 Å². The van der Waals surface area contributed by atoms with Crippen LogP contribution in [0.25, 0.3) is 0 Å². The van der Waals surface area contributed by atoms with Gasteiger partial charge in [-0.1, -0.05) is 41.5 Å². The Hall–Kier alpha value is -1.26. The summed E-state index contributed by atoms with van der Waals surface area (Å²) in [6.45, 7) is 23.3. The maximum atomic E-state index is 9.58. The molecule has 1 atom stereocenters. The fourth-order valence-corrected chi connectivity index (χ4v) is 4.85. The molecule has 1 unspecified atom stereocenters. The van der Waals surface area contributed by atoms with Crippen molar-refractivity contribution in [3.05, 3.63) is 0 Å². The third-order valence-corrected chi connectivity index (χ3v) is 5.97. The highest BCUT2D eigenvalue weighted by Gasteiger charge is 2.24. The molecule has 9 nitrogen and oxygen atoms in total. The molecule has 212 valence electrons. The second-order valence-electron chi connectivity index (χ2n) is 9.33. The summed E-state index contributed by atoms with van der Waals surface area (Å²) in [5, 5.41) is 45.5. The van der Waals surface area contributed by atoms with Gasteiger partial charge < -0.3 is 44.1 Å². The van der Waals surface area contributed by atoms with Crippen LogP contribution in [0.4, 0.5) is 0 Å². The Morgan fingerprint density at radius 2 is 0.857 bits per heavy atom. The number of aliphatic hydroxyl groups is 3. The zero-order valence-corrected chi connectivity index (χ0v) is 23.5. The predicted molar refractivity (Wildman–Crippen MR) is 136 cm³/mol. The lowest BCUT2D eigenvalue weighted by molar-refractivity contribution is -0.928. The molecule has 0 rings (SSSR count). The number of hydrogen-bond acceptors (Lipinski definition) is 7. The van der Waals surface area contributed by atoms with Crippen molar-refractivity contribution < 1.29 is 44.1 Å². The summed E-state index contributed by atoms with van der Waals surface area (Å²) in [6.07, 6.45) is 4.44. The quantitative estimate of drug-likeness (QED) is 0.213. The number of rotatable bonds is 19. The molecule has 0 saturated heterocycles. The molecule has 35 heavy (non-hydrogen) atoms. The lowest BCUT2D eigenvalue weighted by Crippen LogP contribution is -2.51. The van der Waals surface area contributed by atoms with Gasteiger partial charge in [0, 0.05) is 12.4 Å². The summed E-state index contributed by atoms with van der Waals surface area (Å²) >= 11 is 0. The van der Waals surface area contributed by atoms with Gasteiger partial charge in [-0.2, -0.15) is 0 Å². The average Bonchev–Trinajstić information content (AvgIpc) is 2.76. The monoisotopic (exact) mass is 508 g/mol. The number of carbonyl (C=O) groups excluding carboxylic acids is 2. The van der Waals surface area contributed by atoms with Crippen LogP contribution >= 0.6 is 0 Å². The van der Waals surface area contributed by atoms with Gasteiger partial charge in [-0.05, 0) is 38.5 Å². The van der Waals surface area contributed by atoms with Gasteiger partial charge >= 0.3 is 0 Å². The van der Waals surface area contributed by atoms with Crippen LogP contribution in [-0.2, 0) is 9.59 Å². The molecular weight excluding hydrogens is 452 g/mol. The number of carbonyl (C=O) groups is 2. The van der Waals surface area contributed by atoms with Crippen molar-refractivity contribution in [2.24, 2.45) is 0 Å². The summed E-state index contributed by atoms with van der Waals surface area (Å²) in [5.74, 6) is -3.43. The third-order valence-electron chi connectivity index (χ3n) is 5.97. The van der Waals surface area contributed by atoms with Gasteiger partial charge in [-0.25, -0.2) is 0 Å². The highest BCUT2D eigenvalue weighted by molar-refractivity contribution is 5.76. The Morgan fingerprint density at radius 1 is 0.600 bits per heavy atom. The molecular formula is C26H56N2O7. The number of aliphatic hydroxyl groups excluding tert-OH is 3. The second kappa shape index (κ2) is 24.4. The molecule has 0 radical (unpaired) electrons. The number of nitrogens with zero attached hydrogens (tertiary/aromatic N) is 2. The van der Waals surface area contributed by atoms with E-state index in [-0.39, 0.29) is 0 Å². The largest absolute Gasteiger partial charge is 0.550 e. The molecule has 0 aromatic carbocycles. The van der Waals surface area contributed by atoms with Gasteiger partial charge in [-0.15, -0.1) is 0 Å². The molecule has 0 heterocycles. The summed E-state index contributed by atoms with van der Waals surface area (Å²) in [4.78, 5) is 19.1. The van der Waals surface area contributed by atoms with E-state index in [1.54, 1.807) is 0 Å². The third kappa shape index (κ3) is 20.6. The minimum Gasteiger partial charge on any atom is -0.550 e. The Kier molecular flexibility index (Phi) is 26.7. The van der Waals surface area contributed by atoms with E-state index in [0.29, 0.717) is 13.2 Å². The number of aliphatic carboxylic acids is 2. The van der Waals surface area contributed by atoms with E-state index in [1.807, 2.05) is 0 Å².